The molecule has 1 saturated heterocycles. The first-order valence-corrected chi connectivity index (χ1v) is 5.84. The standard InChI is InChI=1S/C13H12F4N2O/c1-20-12(13(15,16)17)7-19(8-12)6-10-3-2-9(5-18)4-11(10)14/h2-4H,6-8H2,1H3. The van der Waals surface area contributed by atoms with Crippen molar-refractivity contribution in [2.24, 2.45) is 0 Å². The van der Waals surface area contributed by atoms with E-state index >= 15 is 0 Å². The SMILES string of the molecule is COC1(C(F)(F)F)CN(Cc2ccc(C#N)cc2F)C1. The van der Waals surface area contributed by atoms with E-state index in [4.69, 9.17) is 5.26 Å². The number of hydrogen-bond donors (Lipinski definition) is 0. The summed E-state index contributed by atoms with van der Waals surface area (Å²) in [6.45, 7) is -0.600. The molecule has 0 spiro atoms. The molecule has 0 unspecified atom stereocenters. The maximum absolute atomic E-state index is 13.6. The Bertz CT molecular complexity index is 544. The third kappa shape index (κ3) is 2.49. The number of ether oxygens (including phenoxy) is 1. The van der Waals surface area contributed by atoms with Crippen molar-refractivity contribution in [2.45, 2.75) is 18.3 Å². The highest BCUT2D eigenvalue weighted by Crippen LogP contribution is 2.41. The monoisotopic (exact) mass is 288 g/mol. The first-order chi connectivity index (χ1) is 9.31. The number of hydrogen-bond acceptors (Lipinski definition) is 3. The third-order valence-electron chi connectivity index (χ3n) is 3.44. The van der Waals surface area contributed by atoms with E-state index in [1.54, 1.807) is 6.07 Å². The van der Waals surface area contributed by atoms with Crippen LogP contribution in [-0.2, 0) is 11.3 Å². The van der Waals surface area contributed by atoms with Crippen LogP contribution in [0, 0.1) is 17.1 Å². The number of methoxy groups -OCH3 is 1. The average Bonchev–Trinajstić information content (AvgIpc) is 2.33. The second-order valence-corrected chi connectivity index (χ2v) is 4.76. The van der Waals surface area contributed by atoms with Crippen molar-refractivity contribution in [3.8, 4) is 6.07 Å². The second kappa shape index (κ2) is 5.04. The first-order valence-electron chi connectivity index (χ1n) is 5.84. The fourth-order valence-electron chi connectivity index (χ4n) is 2.20. The lowest BCUT2D eigenvalue weighted by molar-refractivity contribution is -0.312. The molecule has 0 bridgehead atoms. The molecule has 1 aromatic rings. The fourth-order valence-corrected chi connectivity index (χ4v) is 2.20. The minimum Gasteiger partial charge on any atom is -0.366 e. The minimum atomic E-state index is -4.44. The van der Waals surface area contributed by atoms with Crippen LogP contribution < -0.4 is 0 Å². The zero-order valence-corrected chi connectivity index (χ0v) is 10.7. The van der Waals surface area contributed by atoms with E-state index in [1.807, 2.05) is 0 Å². The molecule has 1 heterocycles. The average molecular weight is 288 g/mol. The second-order valence-electron chi connectivity index (χ2n) is 4.76. The molecule has 0 radical (unpaired) electrons. The highest BCUT2D eigenvalue weighted by molar-refractivity contribution is 5.33. The maximum Gasteiger partial charge on any atom is 0.419 e. The number of likely N-dealkylation sites (tertiary alicyclic amines) is 1. The molecule has 20 heavy (non-hydrogen) atoms. The molecule has 1 aliphatic rings. The Balaban J connectivity index is 2.03. The van der Waals surface area contributed by atoms with Gasteiger partial charge >= 0.3 is 6.18 Å². The summed E-state index contributed by atoms with van der Waals surface area (Å²) >= 11 is 0. The summed E-state index contributed by atoms with van der Waals surface area (Å²) in [7, 11) is 1.02. The molecule has 1 fully saturated rings. The third-order valence-corrected chi connectivity index (χ3v) is 3.44. The van der Waals surface area contributed by atoms with Gasteiger partial charge in [0.05, 0.1) is 11.6 Å². The predicted molar refractivity (Wildman–Crippen MR) is 62.2 cm³/mol. The zero-order chi connectivity index (χ0) is 15.0. The van der Waals surface area contributed by atoms with E-state index in [0.717, 1.165) is 13.2 Å². The molecule has 0 N–H and O–H groups in total. The van der Waals surface area contributed by atoms with Crippen molar-refractivity contribution in [3.05, 3.63) is 35.1 Å². The molecule has 3 nitrogen and oxygen atoms in total. The van der Waals surface area contributed by atoms with E-state index in [2.05, 4.69) is 4.74 Å². The highest BCUT2D eigenvalue weighted by atomic mass is 19.4. The van der Waals surface area contributed by atoms with E-state index < -0.39 is 17.6 Å². The van der Waals surface area contributed by atoms with Gasteiger partial charge in [-0.05, 0) is 12.1 Å². The Morgan fingerprint density at radius 2 is 2.05 bits per heavy atom. The number of rotatable bonds is 3. The number of nitriles is 1. The molecule has 7 heteroatoms. The van der Waals surface area contributed by atoms with Gasteiger partial charge < -0.3 is 4.74 Å². The molecule has 0 aliphatic carbocycles. The molecule has 0 amide bonds. The zero-order valence-electron chi connectivity index (χ0n) is 10.7. The van der Waals surface area contributed by atoms with Crippen LogP contribution in [0.3, 0.4) is 0 Å². The van der Waals surface area contributed by atoms with Gasteiger partial charge in [-0.3, -0.25) is 4.90 Å². The minimum absolute atomic E-state index is 0.0543. The summed E-state index contributed by atoms with van der Waals surface area (Å²) in [4.78, 5) is 1.45. The molecule has 0 atom stereocenters. The summed E-state index contributed by atoms with van der Waals surface area (Å²) in [5.41, 5.74) is -1.72. The van der Waals surface area contributed by atoms with Gasteiger partial charge in [-0.1, -0.05) is 6.07 Å². The van der Waals surface area contributed by atoms with Gasteiger partial charge in [0.15, 0.2) is 5.60 Å². The number of halogens is 4. The molecular formula is C13H12F4N2O. The van der Waals surface area contributed by atoms with Gasteiger partial charge in [-0.15, -0.1) is 0 Å². The van der Waals surface area contributed by atoms with Crippen molar-refractivity contribution in [1.29, 1.82) is 5.26 Å². The van der Waals surface area contributed by atoms with Crippen molar-refractivity contribution in [2.75, 3.05) is 20.2 Å². The maximum atomic E-state index is 13.6. The summed E-state index contributed by atoms with van der Waals surface area (Å²) in [5, 5.41) is 8.61. The largest absolute Gasteiger partial charge is 0.419 e. The van der Waals surface area contributed by atoms with Gasteiger partial charge in [0.2, 0.25) is 0 Å². The number of alkyl halides is 3. The summed E-state index contributed by atoms with van der Waals surface area (Å²) < 4.78 is 56.6. The van der Waals surface area contributed by atoms with Crippen LogP contribution >= 0.6 is 0 Å². The Morgan fingerprint density at radius 1 is 1.40 bits per heavy atom. The van der Waals surface area contributed by atoms with Gasteiger partial charge in [-0.2, -0.15) is 18.4 Å². The lowest BCUT2D eigenvalue weighted by Gasteiger charge is -2.49. The predicted octanol–water partition coefficient (Wildman–Crippen LogP) is 2.46. The van der Waals surface area contributed by atoms with Crippen LogP contribution in [0.5, 0.6) is 0 Å². The van der Waals surface area contributed by atoms with E-state index in [9.17, 15) is 17.6 Å². The van der Waals surface area contributed by atoms with Crippen LogP contribution in [0.1, 0.15) is 11.1 Å². The molecular weight excluding hydrogens is 276 g/mol. The van der Waals surface area contributed by atoms with Gasteiger partial charge in [0, 0.05) is 32.3 Å². The fraction of sp³-hybridized carbons (Fsp3) is 0.462. The Labute approximate surface area is 113 Å². The van der Waals surface area contributed by atoms with Crippen molar-refractivity contribution < 1.29 is 22.3 Å². The van der Waals surface area contributed by atoms with Gasteiger partial charge in [-0.25, -0.2) is 4.39 Å². The quantitative estimate of drug-likeness (QED) is 0.802. The van der Waals surface area contributed by atoms with E-state index in [-0.39, 0.29) is 30.8 Å². The Hall–Kier alpha value is -1.65. The smallest absolute Gasteiger partial charge is 0.366 e. The van der Waals surface area contributed by atoms with Gasteiger partial charge in [0.25, 0.3) is 0 Å². The van der Waals surface area contributed by atoms with Crippen LogP contribution in [0.25, 0.3) is 0 Å². The summed E-state index contributed by atoms with van der Waals surface area (Å²) in [6, 6.07) is 5.71. The van der Waals surface area contributed by atoms with Crippen molar-refractivity contribution >= 4 is 0 Å². The Morgan fingerprint density at radius 3 is 2.50 bits per heavy atom. The van der Waals surface area contributed by atoms with Crippen LogP contribution in [0.15, 0.2) is 18.2 Å². The van der Waals surface area contributed by atoms with Crippen LogP contribution in [-0.4, -0.2) is 36.9 Å². The highest BCUT2D eigenvalue weighted by Gasteiger charge is 2.62. The van der Waals surface area contributed by atoms with E-state index in [0.29, 0.717) is 0 Å². The Kier molecular flexibility index (Phi) is 3.71. The normalized spacial score (nSPS) is 18.4. The van der Waals surface area contributed by atoms with E-state index in [1.165, 1.54) is 17.0 Å². The van der Waals surface area contributed by atoms with Crippen LogP contribution in [0.2, 0.25) is 0 Å². The first kappa shape index (κ1) is 14.8. The number of benzene rings is 1. The van der Waals surface area contributed by atoms with Crippen molar-refractivity contribution in [3.63, 3.8) is 0 Å². The number of nitrogens with zero attached hydrogens (tertiary/aromatic N) is 2. The van der Waals surface area contributed by atoms with Gasteiger partial charge in [0.1, 0.15) is 5.82 Å². The molecule has 2 rings (SSSR count). The molecule has 1 aliphatic heterocycles. The topological polar surface area (TPSA) is 36.3 Å². The lowest BCUT2D eigenvalue weighted by atomic mass is 9.92. The molecule has 0 aromatic heterocycles. The lowest BCUT2D eigenvalue weighted by Crippen LogP contribution is -2.69. The van der Waals surface area contributed by atoms with Crippen molar-refractivity contribution in [1.82, 2.24) is 4.90 Å². The summed E-state index contributed by atoms with van der Waals surface area (Å²) in [5.74, 6) is -0.592. The summed E-state index contributed by atoms with van der Waals surface area (Å²) in [6.07, 6.45) is -4.44. The molecule has 1 aromatic carbocycles. The van der Waals surface area contributed by atoms with Crippen LogP contribution in [0.4, 0.5) is 17.6 Å². The molecule has 0 saturated carbocycles. The molecule has 108 valence electrons.